The fraction of sp³-hybridized carbons (Fsp3) is 0.364. The molecule has 0 amide bonds. The largest absolute Gasteiger partial charge is 0.355 e. The molecule has 4 nitrogen and oxygen atoms in total. The Bertz CT molecular complexity index is 1090. The van der Waals surface area contributed by atoms with Crippen LogP contribution in [0.5, 0.6) is 0 Å². The number of thiazole rings is 1. The van der Waals surface area contributed by atoms with Gasteiger partial charge in [-0.15, -0.1) is 22.7 Å². The molecule has 0 bridgehead atoms. The van der Waals surface area contributed by atoms with Gasteiger partial charge in [0.05, 0.1) is 28.0 Å². The first-order valence-corrected chi connectivity index (χ1v) is 11.8. The highest BCUT2D eigenvalue weighted by Crippen LogP contribution is 2.29. The molecule has 0 aliphatic carbocycles. The number of thiophene rings is 1. The lowest BCUT2D eigenvalue weighted by molar-refractivity contribution is 0.0546. The van der Waals surface area contributed by atoms with Gasteiger partial charge < -0.3 is 5.32 Å². The molecule has 158 valence electrons. The second-order valence-corrected chi connectivity index (χ2v) is 9.17. The molecule has 30 heavy (non-hydrogen) atoms. The van der Waals surface area contributed by atoms with E-state index in [0.29, 0.717) is 6.04 Å². The Balaban J connectivity index is 0.000000170. The lowest BCUT2D eigenvalue weighted by Crippen LogP contribution is -2.40. The average molecular weight is 447 g/mol. The van der Waals surface area contributed by atoms with Crippen LogP contribution in [-0.2, 0) is 0 Å². The monoisotopic (exact) mass is 446 g/mol. The molecule has 1 unspecified atom stereocenters. The summed E-state index contributed by atoms with van der Waals surface area (Å²) in [5.41, 5.74) is 5.04. The summed E-state index contributed by atoms with van der Waals surface area (Å²) in [5.74, 6) is 0. The van der Waals surface area contributed by atoms with Crippen LogP contribution in [0.1, 0.15) is 26.2 Å². The van der Waals surface area contributed by atoms with Gasteiger partial charge in [0.15, 0.2) is 0 Å². The molecule has 1 atom stereocenters. The first-order valence-electron chi connectivity index (χ1n) is 10.0. The Hall–Kier alpha value is -2.16. The Kier molecular flexibility index (Phi) is 6.86. The van der Waals surface area contributed by atoms with Crippen LogP contribution in [0.2, 0.25) is 0 Å². The maximum Gasteiger partial charge on any atom is 0.251 e. The maximum atomic E-state index is 12.0. The van der Waals surface area contributed by atoms with Crippen molar-refractivity contribution in [3.8, 4) is 0 Å². The Morgan fingerprint density at radius 2 is 2.07 bits per heavy atom. The highest BCUT2D eigenvalue weighted by molar-refractivity contribution is 7.17. The number of fused-ring (bicyclic) bond motifs is 2. The van der Waals surface area contributed by atoms with Gasteiger partial charge in [-0.25, -0.2) is 18.7 Å². The van der Waals surface area contributed by atoms with Crippen molar-refractivity contribution in [1.82, 2.24) is 14.9 Å². The zero-order chi connectivity index (χ0) is 20.9. The van der Waals surface area contributed by atoms with Gasteiger partial charge >= 0.3 is 0 Å². The van der Waals surface area contributed by atoms with Crippen LogP contribution >= 0.6 is 22.7 Å². The van der Waals surface area contributed by atoms with Crippen LogP contribution in [0.25, 0.3) is 20.4 Å². The molecule has 1 fully saturated rings. The lowest BCUT2D eigenvalue weighted by atomic mass is 10.0. The summed E-state index contributed by atoms with van der Waals surface area (Å²) < 4.78 is 25.1. The van der Waals surface area contributed by atoms with Crippen LogP contribution in [0, 0.1) is 0 Å². The molecule has 1 aliphatic heterocycles. The van der Waals surface area contributed by atoms with Gasteiger partial charge in [0.25, 0.3) is 6.43 Å². The van der Waals surface area contributed by atoms with Gasteiger partial charge in [0.2, 0.25) is 0 Å². The number of anilines is 2. The number of piperidine rings is 1. The molecule has 0 radical (unpaired) electrons. The summed E-state index contributed by atoms with van der Waals surface area (Å²) >= 11 is 3.31. The molecule has 1 saturated heterocycles. The first kappa shape index (κ1) is 21.1. The van der Waals surface area contributed by atoms with Crippen molar-refractivity contribution in [3.05, 3.63) is 47.4 Å². The van der Waals surface area contributed by atoms with E-state index in [4.69, 9.17) is 0 Å². The van der Waals surface area contributed by atoms with Crippen LogP contribution in [0.4, 0.5) is 20.2 Å². The number of hydrogen-bond acceptors (Lipinski definition) is 6. The van der Waals surface area contributed by atoms with Crippen molar-refractivity contribution in [1.29, 1.82) is 0 Å². The number of likely N-dealkylation sites (tertiary alicyclic amines) is 1. The van der Waals surface area contributed by atoms with Gasteiger partial charge in [-0.1, -0.05) is 6.42 Å². The molecular formula is C22H24F2N4S2. The van der Waals surface area contributed by atoms with E-state index in [0.717, 1.165) is 46.5 Å². The Morgan fingerprint density at radius 1 is 1.17 bits per heavy atom. The highest BCUT2D eigenvalue weighted by atomic mass is 32.1. The normalized spacial score (nSPS) is 17.3. The van der Waals surface area contributed by atoms with E-state index in [9.17, 15) is 8.78 Å². The predicted octanol–water partition coefficient (Wildman–Crippen LogP) is 6.78. The molecule has 0 saturated carbocycles. The minimum atomic E-state index is -2.17. The SMILES string of the molecule is CC1CCCCN1CC(F)F.c1cc(Nc2ccc3scnc3c2)c2ccsc2n1. The van der Waals surface area contributed by atoms with Gasteiger partial charge in [-0.2, -0.15) is 0 Å². The quantitative estimate of drug-likeness (QED) is 0.375. The molecule has 0 spiro atoms. The lowest BCUT2D eigenvalue weighted by Gasteiger charge is -2.32. The average Bonchev–Trinajstić information content (AvgIpc) is 3.39. The van der Waals surface area contributed by atoms with E-state index < -0.39 is 6.43 Å². The number of alkyl halides is 2. The van der Waals surface area contributed by atoms with Crippen molar-refractivity contribution in [3.63, 3.8) is 0 Å². The number of hydrogen-bond donors (Lipinski definition) is 1. The van der Waals surface area contributed by atoms with E-state index in [2.05, 4.69) is 44.9 Å². The second kappa shape index (κ2) is 9.76. The van der Waals surface area contributed by atoms with Crippen molar-refractivity contribution in [2.24, 2.45) is 0 Å². The molecule has 3 aromatic heterocycles. The molecule has 8 heteroatoms. The van der Waals surface area contributed by atoms with Crippen LogP contribution in [-0.4, -0.2) is 40.4 Å². The van der Waals surface area contributed by atoms with E-state index in [-0.39, 0.29) is 6.54 Å². The van der Waals surface area contributed by atoms with Crippen LogP contribution < -0.4 is 5.32 Å². The van der Waals surface area contributed by atoms with Crippen LogP contribution in [0.3, 0.4) is 0 Å². The Morgan fingerprint density at radius 3 is 2.90 bits per heavy atom. The number of rotatable bonds is 4. The number of pyridine rings is 1. The van der Waals surface area contributed by atoms with Gasteiger partial charge in [0.1, 0.15) is 4.83 Å². The summed E-state index contributed by atoms with van der Waals surface area (Å²) in [7, 11) is 0. The summed E-state index contributed by atoms with van der Waals surface area (Å²) in [5, 5.41) is 6.67. The number of halogens is 2. The minimum Gasteiger partial charge on any atom is -0.355 e. The van der Waals surface area contributed by atoms with Crippen molar-refractivity contribution < 1.29 is 8.78 Å². The molecule has 1 aromatic carbocycles. The van der Waals surface area contributed by atoms with Crippen molar-refractivity contribution in [2.75, 3.05) is 18.4 Å². The van der Waals surface area contributed by atoms with E-state index in [1.807, 2.05) is 29.6 Å². The molecule has 1 aliphatic rings. The first-order chi connectivity index (χ1) is 14.6. The van der Waals surface area contributed by atoms with Gasteiger partial charge in [-0.3, -0.25) is 4.90 Å². The highest BCUT2D eigenvalue weighted by Gasteiger charge is 2.20. The molecule has 4 heterocycles. The summed E-state index contributed by atoms with van der Waals surface area (Å²) in [6.07, 6.45) is 3.02. The zero-order valence-corrected chi connectivity index (χ0v) is 18.4. The fourth-order valence-electron chi connectivity index (χ4n) is 3.68. The van der Waals surface area contributed by atoms with Gasteiger partial charge in [0, 0.05) is 23.3 Å². The van der Waals surface area contributed by atoms with E-state index in [1.165, 1.54) is 11.1 Å². The summed E-state index contributed by atoms with van der Waals surface area (Å²) in [6, 6.07) is 10.7. The topological polar surface area (TPSA) is 41.0 Å². The fourth-order valence-corrected chi connectivity index (χ4v) is 5.10. The third kappa shape index (κ3) is 5.11. The smallest absolute Gasteiger partial charge is 0.251 e. The number of nitrogens with one attached hydrogen (secondary N) is 1. The van der Waals surface area contributed by atoms with E-state index >= 15 is 0 Å². The third-order valence-corrected chi connectivity index (χ3v) is 6.92. The number of benzene rings is 1. The second-order valence-electron chi connectivity index (χ2n) is 7.39. The summed E-state index contributed by atoms with van der Waals surface area (Å²) in [6.45, 7) is 2.84. The third-order valence-electron chi connectivity index (χ3n) is 5.29. The van der Waals surface area contributed by atoms with Gasteiger partial charge in [-0.05, 0) is 62.0 Å². The summed E-state index contributed by atoms with van der Waals surface area (Å²) in [4.78, 5) is 11.6. The van der Waals surface area contributed by atoms with E-state index in [1.54, 1.807) is 22.7 Å². The number of nitrogens with zero attached hydrogens (tertiary/aromatic N) is 3. The number of aromatic nitrogens is 2. The predicted molar refractivity (Wildman–Crippen MR) is 123 cm³/mol. The molecule has 5 rings (SSSR count). The van der Waals surface area contributed by atoms with Crippen LogP contribution in [0.15, 0.2) is 47.4 Å². The van der Waals surface area contributed by atoms with Crippen molar-refractivity contribution in [2.45, 2.75) is 38.7 Å². The Labute approximate surface area is 182 Å². The molecule has 1 N–H and O–H groups in total. The standard InChI is InChI=1S/C14H9N3S2.C8H15F2N/c1-2-13-12(16-8-19-13)7-9(1)17-11-3-5-15-14-10(11)4-6-18-14;1-7-4-2-3-5-11(7)6-8(9)10/h1-8H,(H,15,17);7-8H,2-6H2,1H3. The van der Waals surface area contributed by atoms with Crippen molar-refractivity contribution >= 4 is 54.5 Å². The maximum absolute atomic E-state index is 12.0. The minimum absolute atomic E-state index is 0.0405. The molecular weight excluding hydrogens is 422 g/mol. The zero-order valence-electron chi connectivity index (χ0n) is 16.7. The molecule has 4 aromatic rings.